The Labute approximate surface area is 327 Å². The zero-order valence-corrected chi connectivity index (χ0v) is 32.9. The summed E-state index contributed by atoms with van der Waals surface area (Å²) in [6, 6.07) is 22.2. The molecule has 0 aliphatic heterocycles. The molecule has 0 aliphatic carbocycles. The van der Waals surface area contributed by atoms with E-state index in [1.165, 1.54) is 45.8 Å². The summed E-state index contributed by atoms with van der Waals surface area (Å²) >= 11 is 0. The van der Waals surface area contributed by atoms with Gasteiger partial charge in [-0.25, -0.2) is 16.8 Å². The van der Waals surface area contributed by atoms with E-state index in [0.29, 0.717) is 22.8 Å². The van der Waals surface area contributed by atoms with Crippen LogP contribution in [0.2, 0.25) is 0 Å². The third kappa shape index (κ3) is 9.81. The van der Waals surface area contributed by atoms with E-state index in [4.69, 9.17) is 0 Å². The van der Waals surface area contributed by atoms with Crippen LogP contribution < -0.4 is 0 Å². The Morgan fingerprint density at radius 3 is 1.15 bits per heavy atom. The van der Waals surface area contributed by atoms with E-state index >= 15 is 0 Å². The third-order valence-electron chi connectivity index (χ3n) is 7.83. The summed E-state index contributed by atoms with van der Waals surface area (Å²) in [7, 11) is -6.91. The quantitative estimate of drug-likeness (QED) is 0.111. The molecule has 289 valence electrons. The summed E-state index contributed by atoms with van der Waals surface area (Å²) in [4.78, 5) is 0.0103. The van der Waals surface area contributed by atoms with Crippen molar-refractivity contribution in [3.8, 4) is 34.6 Å². The molecule has 19 heteroatoms. The Balaban J connectivity index is 0.000000240. The molecule has 2 aromatic heterocycles. The van der Waals surface area contributed by atoms with Crippen LogP contribution in [0.15, 0.2) is 115 Å². The molecule has 1 radical (unpaired) electrons. The molecule has 0 amide bonds. The number of benzene rings is 4. The molecule has 0 saturated heterocycles. The number of phenols is 2. The number of nitrogens with zero attached hydrogens (tertiary/aromatic N) is 8. The minimum absolute atomic E-state index is 0. The Hall–Kier alpha value is -5.89. The number of aromatic hydroxyl groups is 4. The molecular formula is C36H36CoN8O8S2. The maximum atomic E-state index is 11.7. The number of azo groups is 2. The summed E-state index contributed by atoms with van der Waals surface area (Å²) in [5, 5.41) is 64.9. The SMILES string of the molecule is Cc1ccc(-n2nc(C)c(N=Nc3cc(S(C)(=O)=O)ccc3O)c2O)cc1.Cc1ccc(-n2nc(C)c(N=Nc3cc(S(C)(=O)=O)ccc3O)c2O)cc1.[Co]. The normalized spacial score (nSPS) is 11.7. The first-order valence-electron chi connectivity index (χ1n) is 15.9. The van der Waals surface area contributed by atoms with E-state index < -0.39 is 19.7 Å². The van der Waals surface area contributed by atoms with Crippen LogP contribution in [-0.2, 0) is 36.5 Å². The van der Waals surface area contributed by atoms with Crippen molar-refractivity contribution in [2.24, 2.45) is 20.5 Å². The fourth-order valence-corrected chi connectivity index (χ4v) is 6.10. The second-order valence-corrected chi connectivity index (χ2v) is 16.3. The van der Waals surface area contributed by atoms with Crippen LogP contribution >= 0.6 is 0 Å². The molecule has 0 aliphatic rings. The van der Waals surface area contributed by atoms with Gasteiger partial charge in [0.2, 0.25) is 11.8 Å². The Morgan fingerprint density at radius 1 is 0.509 bits per heavy atom. The van der Waals surface area contributed by atoms with Crippen molar-refractivity contribution in [2.75, 3.05) is 12.5 Å². The second-order valence-electron chi connectivity index (χ2n) is 12.3. The molecule has 0 spiro atoms. The summed E-state index contributed by atoms with van der Waals surface area (Å²) in [6.07, 6.45) is 2.11. The maximum Gasteiger partial charge on any atom is 0.243 e. The van der Waals surface area contributed by atoms with Crippen molar-refractivity contribution in [3.05, 3.63) is 107 Å². The molecule has 0 unspecified atom stereocenters. The van der Waals surface area contributed by atoms with Crippen LogP contribution in [0.3, 0.4) is 0 Å². The Kier molecular flexibility index (Phi) is 12.7. The van der Waals surface area contributed by atoms with E-state index in [9.17, 15) is 37.3 Å². The number of phenolic OH excluding ortho intramolecular Hbond substituents is 2. The van der Waals surface area contributed by atoms with Crippen LogP contribution in [0.1, 0.15) is 22.5 Å². The topological polar surface area (TPSA) is 234 Å². The monoisotopic (exact) mass is 831 g/mol. The third-order valence-corrected chi connectivity index (χ3v) is 10.1. The minimum Gasteiger partial charge on any atom is -0.506 e. The van der Waals surface area contributed by atoms with Crippen molar-refractivity contribution in [2.45, 2.75) is 37.5 Å². The van der Waals surface area contributed by atoms with Gasteiger partial charge < -0.3 is 20.4 Å². The minimum atomic E-state index is -3.46. The number of sulfone groups is 2. The summed E-state index contributed by atoms with van der Waals surface area (Å²) < 4.78 is 49.3. The van der Waals surface area contributed by atoms with Crippen molar-refractivity contribution in [1.29, 1.82) is 0 Å². The van der Waals surface area contributed by atoms with Crippen LogP contribution in [0, 0.1) is 27.7 Å². The van der Waals surface area contributed by atoms with E-state index in [0.717, 1.165) is 23.6 Å². The molecule has 0 saturated carbocycles. The zero-order valence-electron chi connectivity index (χ0n) is 30.2. The van der Waals surface area contributed by atoms with E-state index in [-0.39, 0.29) is 72.6 Å². The van der Waals surface area contributed by atoms with Gasteiger partial charge in [-0.3, -0.25) is 0 Å². The van der Waals surface area contributed by atoms with Gasteiger partial charge in [-0.2, -0.15) is 19.6 Å². The van der Waals surface area contributed by atoms with Crippen molar-refractivity contribution >= 4 is 42.4 Å². The van der Waals surface area contributed by atoms with Gasteiger partial charge in [0, 0.05) is 29.3 Å². The first kappa shape index (κ1) is 41.9. The van der Waals surface area contributed by atoms with Gasteiger partial charge in [0.05, 0.1) is 32.6 Å². The van der Waals surface area contributed by atoms with E-state index in [1.54, 1.807) is 13.8 Å². The van der Waals surface area contributed by atoms with Gasteiger partial charge in [-0.1, -0.05) is 35.4 Å². The first-order chi connectivity index (χ1) is 25.3. The predicted octanol–water partition coefficient (Wildman–Crippen LogP) is 7.44. The van der Waals surface area contributed by atoms with Gasteiger partial charge >= 0.3 is 0 Å². The van der Waals surface area contributed by atoms with Crippen LogP contribution in [0.25, 0.3) is 11.4 Å². The molecule has 6 aromatic rings. The average Bonchev–Trinajstić information content (AvgIpc) is 3.55. The van der Waals surface area contributed by atoms with Gasteiger partial charge in [0.25, 0.3) is 0 Å². The van der Waals surface area contributed by atoms with Gasteiger partial charge in [-0.15, -0.1) is 20.5 Å². The molecule has 4 aromatic carbocycles. The second kappa shape index (κ2) is 16.6. The van der Waals surface area contributed by atoms with E-state index in [2.05, 4.69) is 30.7 Å². The fraction of sp³-hybridized carbons (Fsp3) is 0.167. The molecular weight excluding hydrogens is 796 g/mol. The summed E-state index contributed by atoms with van der Waals surface area (Å²) in [6.45, 7) is 7.22. The van der Waals surface area contributed by atoms with Gasteiger partial charge in [0.1, 0.15) is 22.9 Å². The van der Waals surface area contributed by atoms with Gasteiger partial charge in [-0.05, 0) is 88.4 Å². The number of rotatable bonds is 8. The molecule has 0 fully saturated rings. The fourth-order valence-electron chi connectivity index (χ4n) is 4.82. The molecule has 2 heterocycles. The number of hydrogen-bond donors (Lipinski definition) is 4. The molecule has 0 bridgehead atoms. The Morgan fingerprint density at radius 2 is 0.836 bits per heavy atom. The molecule has 6 rings (SSSR count). The molecule has 4 N–H and O–H groups in total. The zero-order chi connectivity index (χ0) is 39.5. The standard InChI is InChI=1S/2C18H18N4O4S.Co/c2*1-11-4-6-13(7-5-11)22-18(24)17(12(2)21-22)20-19-15-10-14(27(3,25)26)8-9-16(15)23;/h2*4-10,23-24H,1-3H3;. The van der Waals surface area contributed by atoms with Crippen molar-refractivity contribution < 1.29 is 54.0 Å². The van der Waals surface area contributed by atoms with Crippen LogP contribution in [0.5, 0.6) is 23.3 Å². The summed E-state index contributed by atoms with van der Waals surface area (Å²) in [5.41, 5.74) is 4.51. The van der Waals surface area contributed by atoms with Gasteiger partial charge in [0.15, 0.2) is 31.0 Å². The number of hydrogen-bond acceptors (Lipinski definition) is 14. The van der Waals surface area contributed by atoms with E-state index in [1.807, 2.05) is 62.4 Å². The molecule has 0 atom stereocenters. The number of aryl methyl sites for hydroxylation is 4. The number of aromatic nitrogens is 4. The summed E-state index contributed by atoms with van der Waals surface area (Å²) in [5.74, 6) is -0.874. The molecule has 16 nitrogen and oxygen atoms in total. The average molecular weight is 832 g/mol. The molecule has 55 heavy (non-hydrogen) atoms. The van der Waals surface area contributed by atoms with Crippen molar-refractivity contribution in [1.82, 2.24) is 19.6 Å². The smallest absolute Gasteiger partial charge is 0.243 e. The van der Waals surface area contributed by atoms with Crippen LogP contribution in [0.4, 0.5) is 22.7 Å². The Bertz CT molecular complexity index is 2460. The first-order valence-corrected chi connectivity index (χ1v) is 19.7. The van der Waals surface area contributed by atoms with Crippen molar-refractivity contribution in [3.63, 3.8) is 0 Å². The predicted molar refractivity (Wildman–Crippen MR) is 200 cm³/mol. The maximum absolute atomic E-state index is 11.7. The van der Waals surface area contributed by atoms with Crippen LogP contribution in [-0.4, -0.2) is 69.3 Å². The largest absolute Gasteiger partial charge is 0.506 e.